The van der Waals surface area contributed by atoms with E-state index in [4.69, 9.17) is 0 Å². The van der Waals surface area contributed by atoms with Crippen LogP contribution in [0.3, 0.4) is 0 Å². The molecule has 1 saturated heterocycles. The fourth-order valence-electron chi connectivity index (χ4n) is 3.39. The maximum Gasteiger partial charge on any atom is 0.270 e. The summed E-state index contributed by atoms with van der Waals surface area (Å²) in [4.78, 5) is 29.9. The van der Waals surface area contributed by atoms with Gasteiger partial charge in [-0.15, -0.1) is 0 Å². The highest BCUT2D eigenvalue weighted by Crippen LogP contribution is 2.24. The van der Waals surface area contributed by atoms with Crippen LogP contribution in [0.4, 0.5) is 0 Å². The molecular weight excluding hydrogens is 278 g/mol. The maximum atomic E-state index is 12.9. The monoisotopic (exact) mass is 305 g/mol. The molecule has 122 valence electrons. The third kappa shape index (κ3) is 3.24. The quantitative estimate of drug-likeness (QED) is 0.820. The largest absolute Gasteiger partial charge is 0.354 e. The van der Waals surface area contributed by atoms with E-state index < -0.39 is 0 Å². The van der Waals surface area contributed by atoms with Crippen molar-refractivity contribution in [1.82, 2.24) is 15.2 Å². The van der Waals surface area contributed by atoms with E-state index in [-0.39, 0.29) is 11.7 Å². The number of Topliss-reactive ketones (excluding diaryl/α,β-unsaturated/α-hetero) is 1. The third-order valence-electron chi connectivity index (χ3n) is 4.47. The second-order valence-corrected chi connectivity index (χ2v) is 6.16. The second-order valence-electron chi connectivity index (χ2n) is 6.16. The molecule has 1 aromatic heterocycles. The van der Waals surface area contributed by atoms with Crippen molar-refractivity contribution >= 4 is 11.7 Å². The fraction of sp³-hybridized carbons (Fsp3) is 0.647. The maximum absolute atomic E-state index is 12.9. The molecule has 0 radical (unpaired) electrons. The third-order valence-corrected chi connectivity index (χ3v) is 4.47. The number of nitrogens with zero attached hydrogens (tertiary/aromatic N) is 1. The molecule has 0 bridgehead atoms. The van der Waals surface area contributed by atoms with Crippen molar-refractivity contribution in [2.45, 2.75) is 52.5 Å². The molecule has 1 aliphatic rings. The van der Waals surface area contributed by atoms with Gasteiger partial charge in [-0.25, -0.2) is 0 Å². The SMILES string of the molecule is CCCc1c(C(=O)N2CCCC(NC)C2)[nH]c(C)c1C(C)=O. The van der Waals surface area contributed by atoms with E-state index in [0.717, 1.165) is 50.0 Å². The molecule has 2 rings (SSSR count). The summed E-state index contributed by atoms with van der Waals surface area (Å²) in [7, 11) is 1.94. The van der Waals surface area contributed by atoms with Gasteiger partial charge in [0.05, 0.1) is 0 Å². The summed E-state index contributed by atoms with van der Waals surface area (Å²) in [5.41, 5.74) is 3.01. The van der Waals surface area contributed by atoms with Crippen LogP contribution in [0.15, 0.2) is 0 Å². The van der Waals surface area contributed by atoms with Gasteiger partial charge in [0.2, 0.25) is 0 Å². The average Bonchev–Trinajstić information content (AvgIpc) is 2.83. The van der Waals surface area contributed by atoms with Gasteiger partial charge in [0.25, 0.3) is 5.91 Å². The molecule has 1 unspecified atom stereocenters. The van der Waals surface area contributed by atoms with Gasteiger partial charge in [-0.1, -0.05) is 13.3 Å². The molecule has 5 heteroatoms. The van der Waals surface area contributed by atoms with Crippen molar-refractivity contribution in [3.63, 3.8) is 0 Å². The Kier molecular flexibility index (Phi) is 5.40. The Hall–Kier alpha value is -1.62. The fourth-order valence-corrected chi connectivity index (χ4v) is 3.39. The Morgan fingerprint density at radius 1 is 1.41 bits per heavy atom. The normalized spacial score (nSPS) is 18.5. The zero-order valence-electron chi connectivity index (χ0n) is 14.1. The topological polar surface area (TPSA) is 65.2 Å². The first-order valence-electron chi connectivity index (χ1n) is 8.18. The first-order valence-corrected chi connectivity index (χ1v) is 8.18. The van der Waals surface area contributed by atoms with Crippen LogP contribution < -0.4 is 5.32 Å². The molecule has 1 atom stereocenters. The van der Waals surface area contributed by atoms with E-state index in [9.17, 15) is 9.59 Å². The highest BCUT2D eigenvalue weighted by molar-refractivity contribution is 6.02. The van der Waals surface area contributed by atoms with Gasteiger partial charge in [0, 0.05) is 30.4 Å². The number of aryl methyl sites for hydroxylation is 1. The number of likely N-dealkylation sites (N-methyl/N-ethyl adjacent to an activating group) is 1. The molecule has 0 spiro atoms. The smallest absolute Gasteiger partial charge is 0.270 e. The predicted molar refractivity (Wildman–Crippen MR) is 87.5 cm³/mol. The van der Waals surface area contributed by atoms with Crippen LogP contribution in [0.2, 0.25) is 0 Å². The number of aromatic amines is 1. The van der Waals surface area contributed by atoms with E-state index >= 15 is 0 Å². The number of aromatic nitrogens is 1. The lowest BCUT2D eigenvalue weighted by atomic mass is 9.99. The Bertz CT molecular complexity index is 562. The summed E-state index contributed by atoms with van der Waals surface area (Å²) in [6.45, 7) is 7.03. The second kappa shape index (κ2) is 7.09. The number of likely N-dealkylation sites (tertiary alicyclic amines) is 1. The number of carbonyl (C=O) groups excluding carboxylic acids is 2. The number of hydrogen-bond acceptors (Lipinski definition) is 3. The number of carbonyl (C=O) groups is 2. The number of rotatable bonds is 5. The van der Waals surface area contributed by atoms with Crippen LogP contribution in [0.25, 0.3) is 0 Å². The van der Waals surface area contributed by atoms with Gasteiger partial charge in [-0.05, 0) is 45.7 Å². The first-order chi connectivity index (χ1) is 10.5. The van der Waals surface area contributed by atoms with Gasteiger partial charge >= 0.3 is 0 Å². The van der Waals surface area contributed by atoms with Gasteiger partial charge in [-0.2, -0.15) is 0 Å². The van der Waals surface area contributed by atoms with E-state index in [0.29, 0.717) is 17.3 Å². The van der Waals surface area contributed by atoms with Gasteiger partial charge in [0.1, 0.15) is 5.69 Å². The molecule has 1 aliphatic heterocycles. The summed E-state index contributed by atoms with van der Waals surface area (Å²) < 4.78 is 0. The molecule has 0 aromatic carbocycles. The summed E-state index contributed by atoms with van der Waals surface area (Å²) in [6, 6.07) is 0.357. The van der Waals surface area contributed by atoms with Crippen molar-refractivity contribution in [3.05, 3.63) is 22.5 Å². The highest BCUT2D eigenvalue weighted by Gasteiger charge is 2.28. The van der Waals surface area contributed by atoms with Crippen molar-refractivity contribution in [2.75, 3.05) is 20.1 Å². The van der Waals surface area contributed by atoms with Crippen molar-refractivity contribution < 1.29 is 9.59 Å². The lowest BCUT2D eigenvalue weighted by Crippen LogP contribution is -2.47. The van der Waals surface area contributed by atoms with Crippen LogP contribution in [-0.4, -0.2) is 47.8 Å². The minimum atomic E-state index is 0.0269. The molecule has 1 fully saturated rings. The Morgan fingerprint density at radius 2 is 2.14 bits per heavy atom. The summed E-state index contributed by atoms with van der Waals surface area (Å²) >= 11 is 0. The van der Waals surface area contributed by atoms with Crippen molar-refractivity contribution in [1.29, 1.82) is 0 Å². The van der Waals surface area contributed by atoms with Crippen LogP contribution in [-0.2, 0) is 6.42 Å². The molecule has 0 saturated carbocycles. The summed E-state index contributed by atoms with van der Waals surface area (Å²) in [5, 5.41) is 3.26. The number of piperidine rings is 1. The van der Waals surface area contributed by atoms with Crippen LogP contribution in [0, 0.1) is 6.92 Å². The Balaban J connectivity index is 2.32. The van der Waals surface area contributed by atoms with Crippen molar-refractivity contribution in [2.24, 2.45) is 0 Å². The molecular formula is C17H27N3O2. The Morgan fingerprint density at radius 3 is 2.73 bits per heavy atom. The number of nitrogens with one attached hydrogen (secondary N) is 2. The summed E-state index contributed by atoms with van der Waals surface area (Å²) in [5.74, 6) is 0.0574. The van der Waals surface area contributed by atoms with Crippen LogP contribution >= 0.6 is 0 Å². The lowest BCUT2D eigenvalue weighted by molar-refractivity contribution is 0.0691. The van der Waals surface area contributed by atoms with E-state index in [1.807, 2.05) is 18.9 Å². The highest BCUT2D eigenvalue weighted by atomic mass is 16.2. The number of hydrogen-bond donors (Lipinski definition) is 2. The number of H-pyrrole nitrogens is 1. The van der Waals surface area contributed by atoms with Crippen molar-refractivity contribution in [3.8, 4) is 0 Å². The Labute approximate surface area is 132 Å². The molecule has 2 heterocycles. The minimum Gasteiger partial charge on any atom is -0.354 e. The standard InChI is InChI=1S/C17H27N3O2/c1-5-7-14-15(12(3)21)11(2)19-16(14)17(22)20-9-6-8-13(10-20)18-4/h13,18-19H,5-10H2,1-4H3. The van der Waals surface area contributed by atoms with Crippen LogP contribution in [0.5, 0.6) is 0 Å². The van der Waals surface area contributed by atoms with Gasteiger partial charge < -0.3 is 15.2 Å². The minimum absolute atomic E-state index is 0.0269. The summed E-state index contributed by atoms with van der Waals surface area (Å²) in [6.07, 6.45) is 3.78. The average molecular weight is 305 g/mol. The number of amides is 1. The van der Waals surface area contributed by atoms with Gasteiger partial charge in [-0.3, -0.25) is 9.59 Å². The molecule has 1 amide bonds. The molecule has 5 nitrogen and oxygen atoms in total. The molecule has 2 N–H and O–H groups in total. The lowest BCUT2D eigenvalue weighted by Gasteiger charge is -2.32. The zero-order chi connectivity index (χ0) is 16.3. The van der Waals surface area contributed by atoms with E-state index in [2.05, 4.69) is 17.2 Å². The van der Waals surface area contributed by atoms with Crippen LogP contribution in [0.1, 0.15) is 65.2 Å². The predicted octanol–water partition coefficient (Wildman–Crippen LogP) is 2.30. The number of ketones is 1. The van der Waals surface area contributed by atoms with E-state index in [1.165, 1.54) is 0 Å². The molecule has 22 heavy (non-hydrogen) atoms. The molecule has 0 aliphatic carbocycles. The van der Waals surface area contributed by atoms with Gasteiger partial charge in [0.15, 0.2) is 5.78 Å². The molecule has 1 aromatic rings. The van der Waals surface area contributed by atoms with E-state index in [1.54, 1.807) is 6.92 Å². The first kappa shape index (κ1) is 16.7. The zero-order valence-corrected chi connectivity index (χ0v) is 14.1.